The maximum absolute atomic E-state index is 12.8. The number of hydrogen-bond donors (Lipinski definition) is 2. The molecule has 0 saturated carbocycles. The molecule has 5 nitrogen and oxygen atoms in total. The highest BCUT2D eigenvalue weighted by Gasteiger charge is 2.30. The standard InChI is InChI=1S/C18H24F3N5/c1-13(2)12-26-8-7-23-16(26)11-25-17(22-3)24-10-14-5-4-6-15(9-14)18(19,20)21/h4-9,13H,10-12H2,1-3H3,(H2,22,24,25). The van der Waals surface area contributed by atoms with Crippen LogP contribution in [-0.4, -0.2) is 22.6 Å². The van der Waals surface area contributed by atoms with E-state index in [1.165, 1.54) is 6.07 Å². The van der Waals surface area contributed by atoms with Crippen LogP contribution in [0.15, 0.2) is 41.7 Å². The third-order valence-electron chi connectivity index (χ3n) is 3.72. The Balaban J connectivity index is 1.92. The van der Waals surface area contributed by atoms with Gasteiger partial charge in [-0.2, -0.15) is 13.2 Å². The van der Waals surface area contributed by atoms with E-state index in [4.69, 9.17) is 0 Å². The van der Waals surface area contributed by atoms with Crippen molar-refractivity contribution in [2.24, 2.45) is 10.9 Å². The molecule has 2 aromatic rings. The van der Waals surface area contributed by atoms with Gasteiger partial charge in [0.05, 0.1) is 12.1 Å². The van der Waals surface area contributed by atoms with Gasteiger partial charge in [0, 0.05) is 32.5 Å². The van der Waals surface area contributed by atoms with Crippen molar-refractivity contribution in [2.45, 2.75) is 39.7 Å². The average molecular weight is 367 g/mol. The highest BCUT2D eigenvalue weighted by Crippen LogP contribution is 2.29. The number of aliphatic imine (C=N–C) groups is 1. The van der Waals surface area contributed by atoms with Gasteiger partial charge in [-0.25, -0.2) is 4.98 Å². The normalized spacial score (nSPS) is 12.5. The Morgan fingerprint density at radius 1 is 1.23 bits per heavy atom. The molecule has 2 N–H and O–H groups in total. The first kappa shape index (κ1) is 19.8. The second kappa shape index (κ2) is 8.73. The van der Waals surface area contributed by atoms with Crippen molar-refractivity contribution in [2.75, 3.05) is 7.05 Å². The highest BCUT2D eigenvalue weighted by atomic mass is 19.4. The first-order valence-corrected chi connectivity index (χ1v) is 8.40. The smallest absolute Gasteiger partial charge is 0.352 e. The molecule has 0 saturated heterocycles. The monoisotopic (exact) mass is 367 g/mol. The van der Waals surface area contributed by atoms with Gasteiger partial charge in [0.15, 0.2) is 5.96 Å². The van der Waals surface area contributed by atoms with Gasteiger partial charge in [-0.15, -0.1) is 0 Å². The first-order valence-electron chi connectivity index (χ1n) is 8.40. The Labute approximate surface area is 151 Å². The highest BCUT2D eigenvalue weighted by molar-refractivity contribution is 5.79. The number of imidazole rings is 1. The molecule has 1 heterocycles. The summed E-state index contributed by atoms with van der Waals surface area (Å²) in [6.45, 7) is 5.85. The maximum Gasteiger partial charge on any atom is 0.416 e. The molecule has 8 heteroatoms. The second-order valence-electron chi connectivity index (χ2n) is 6.37. The molecule has 0 atom stereocenters. The number of halogens is 3. The molecule has 0 aliphatic heterocycles. The van der Waals surface area contributed by atoms with Gasteiger partial charge in [0.1, 0.15) is 5.82 Å². The van der Waals surface area contributed by atoms with Crippen LogP contribution < -0.4 is 10.6 Å². The molecule has 0 amide bonds. The SMILES string of the molecule is CN=C(NCc1cccc(C(F)(F)F)c1)NCc1nccn1CC(C)C. The Bertz CT molecular complexity index is 734. The summed E-state index contributed by atoms with van der Waals surface area (Å²) in [5, 5.41) is 6.16. The number of rotatable bonds is 6. The topological polar surface area (TPSA) is 54.2 Å². The van der Waals surface area contributed by atoms with Crippen LogP contribution in [0.4, 0.5) is 13.2 Å². The lowest BCUT2D eigenvalue weighted by Gasteiger charge is -2.14. The van der Waals surface area contributed by atoms with Crippen molar-refractivity contribution in [3.63, 3.8) is 0 Å². The fourth-order valence-electron chi connectivity index (χ4n) is 2.49. The van der Waals surface area contributed by atoms with Crippen molar-refractivity contribution in [3.8, 4) is 0 Å². The number of benzene rings is 1. The minimum absolute atomic E-state index is 0.240. The molecule has 0 bridgehead atoms. The van der Waals surface area contributed by atoms with Crippen molar-refractivity contribution in [1.29, 1.82) is 0 Å². The van der Waals surface area contributed by atoms with Crippen molar-refractivity contribution < 1.29 is 13.2 Å². The van der Waals surface area contributed by atoms with Crippen LogP contribution in [0.5, 0.6) is 0 Å². The predicted molar refractivity (Wildman–Crippen MR) is 95.5 cm³/mol. The molecule has 0 aliphatic carbocycles. The molecule has 1 aromatic heterocycles. The third kappa shape index (κ3) is 5.79. The lowest BCUT2D eigenvalue weighted by Crippen LogP contribution is -2.37. The zero-order chi connectivity index (χ0) is 19.2. The quantitative estimate of drug-likeness (QED) is 0.608. The van der Waals surface area contributed by atoms with Gasteiger partial charge in [0.2, 0.25) is 0 Å². The van der Waals surface area contributed by atoms with Crippen molar-refractivity contribution in [3.05, 3.63) is 53.6 Å². The second-order valence-corrected chi connectivity index (χ2v) is 6.37. The minimum atomic E-state index is -4.34. The van der Waals surface area contributed by atoms with Gasteiger partial charge < -0.3 is 15.2 Å². The first-order chi connectivity index (χ1) is 12.3. The number of hydrogen-bond acceptors (Lipinski definition) is 2. The van der Waals surface area contributed by atoms with E-state index in [0.29, 0.717) is 24.0 Å². The van der Waals surface area contributed by atoms with E-state index in [1.807, 2.05) is 6.20 Å². The maximum atomic E-state index is 12.8. The minimum Gasteiger partial charge on any atom is -0.352 e. The average Bonchev–Trinajstić information content (AvgIpc) is 3.01. The van der Waals surface area contributed by atoms with Crippen LogP contribution in [0, 0.1) is 5.92 Å². The summed E-state index contributed by atoms with van der Waals surface area (Å²) in [6.07, 6.45) is -0.669. The van der Waals surface area contributed by atoms with Crippen LogP contribution in [0.1, 0.15) is 30.8 Å². The Morgan fingerprint density at radius 3 is 2.62 bits per heavy atom. The lowest BCUT2D eigenvalue weighted by molar-refractivity contribution is -0.137. The van der Waals surface area contributed by atoms with E-state index in [-0.39, 0.29) is 6.54 Å². The molecule has 0 spiro atoms. The molecule has 0 radical (unpaired) electrons. The number of nitrogens with zero attached hydrogens (tertiary/aromatic N) is 3. The summed E-state index contributed by atoms with van der Waals surface area (Å²) in [5.74, 6) is 1.88. The number of nitrogens with one attached hydrogen (secondary N) is 2. The van der Waals surface area contributed by atoms with E-state index < -0.39 is 11.7 Å². The molecule has 2 rings (SSSR count). The van der Waals surface area contributed by atoms with Crippen LogP contribution in [0.2, 0.25) is 0 Å². The van der Waals surface area contributed by atoms with E-state index in [2.05, 4.69) is 39.0 Å². The van der Waals surface area contributed by atoms with Crippen LogP contribution in [-0.2, 0) is 25.8 Å². The Hall–Kier alpha value is -2.51. The van der Waals surface area contributed by atoms with Gasteiger partial charge in [-0.3, -0.25) is 4.99 Å². The third-order valence-corrected chi connectivity index (χ3v) is 3.72. The fraction of sp³-hybridized carbons (Fsp3) is 0.444. The summed E-state index contributed by atoms with van der Waals surface area (Å²) >= 11 is 0. The van der Waals surface area contributed by atoms with Gasteiger partial charge >= 0.3 is 6.18 Å². The van der Waals surface area contributed by atoms with Crippen LogP contribution >= 0.6 is 0 Å². The number of aromatic nitrogens is 2. The Morgan fingerprint density at radius 2 is 1.96 bits per heavy atom. The fourth-order valence-corrected chi connectivity index (χ4v) is 2.49. The molecule has 0 aliphatic rings. The van der Waals surface area contributed by atoms with Crippen LogP contribution in [0.3, 0.4) is 0 Å². The Kier molecular flexibility index (Phi) is 6.65. The summed E-state index contributed by atoms with van der Waals surface area (Å²) in [6, 6.07) is 5.24. The summed E-state index contributed by atoms with van der Waals surface area (Å²) in [4.78, 5) is 8.42. The summed E-state index contributed by atoms with van der Waals surface area (Å²) in [5.41, 5.74) is -0.125. The largest absolute Gasteiger partial charge is 0.416 e. The molecular weight excluding hydrogens is 343 g/mol. The summed E-state index contributed by atoms with van der Waals surface area (Å²) < 4.78 is 40.4. The van der Waals surface area contributed by atoms with Crippen molar-refractivity contribution in [1.82, 2.24) is 20.2 Å². The molecule has 1 aromatic carbocycles. The number of guanidine groups is 1. The van der Waals surface area contributed by atoms with Gasteiger partial charge in [-0.1, -0.05) is 26.0 Å². The lowest BCUT2D eigenvalue weighted by atomic mass is 10.1. The van der Waals surface area contributed by atoms with Gasteiger partial charge in [-0.05, 0) is 23.6 Å². The van der Waals surface area contributed by atoms with Gasteiger partial charge in [0.25, 0.3) is 0 Å². The van der Waals surface area contributed by atoms with E-state index >= 15 is 0 Å². The zero-order valence-corrected chi connectivity index (χ0v) is 15.1. The van der Waals surface area contributed by atoms with E-state index in [1.54, 1.807) is 19.3 Å². The molecule has 142 valence electrons. The molecule has 0 fully saturated rings. The van der Waals surface area contributed by atoms with Crippen LogP contribution in [0.25, 0.3) is 0 Å². The number of alkyl halides is 3. The molecule has 26 heavy (non-hydrogen) atoms. The van der Waals surface area contributed by atoms with Crippen molar-refractivity contribution >= 4 is 5.96 Å². The zero-order valence-electron chi connectivity index (χ0n) is 15.1. The summed E-state index contributed by atoms with van der Waals surface area (Å²) in [7, 11) is 1.61. The molecule has 0 unspecified atom stereocenters. The van der Waals surface area contributed by atoms with E-state index in [0.717, 1.165) is 24.5 Å². The van der Waals surface area contributed by atoms with E-state index in [9.17, 15) is 13.2 Å². The molecular formula is C18H24F3N5. The predicted octanol–water partition coefficient (Wildman–Crippen LogP) is 3.42.